The van der Waals surface area contributed by atoms with Crippen molar-refractivity contribution in [3.05, 3.63) is 54.5 Å². The third kappa shape index (κ3) is 16.8. The number of phosphoric ester groups is 1. The first kappa shape index (κ1) is 88.4. The number of methoxy groups -OCH3 is 5. The number of carbonyl (C=O) groups is 2. The third-order valence-electron chi connectivity index (χ3n) is 22.7. The Labute approximate surface area is 667 Å². The molecule has 648 valence electrons. The molecule has 11 fully saturated rings. The highest BCUT2D eigenvalue weighted by Crippen LogP contribution is 2.53. The van der Waals surface area contributed by atoms with Crippen LogP contribution < -0.4 is 9.26 Å². The number of aliphatic hydroxyl groups is 5. The Hall–Kier alpha value is -4.41. The molecule has 2 spiro atoms. The van der Waals surface area contributed by atoms with E-state index in [1.807, 2.05) is 0 Å². The Bertz CT molecular complexity index is 3840. The lowest BCUT2D eigenvalue weighted by Gasteiger charge is -2.50. The summed E-state index contributed by atoms with van der Waals surface area (Å²) in [5.41, 5.74) is -3.93. The minimum absolute atomic E-state index is 0.0461. The number of fused-ring (bicyclic) bond motifs is 4. The van der Waals surface area contributed by atoms with Crippen molar-refractivity contribution in [2.75, 3.05) is 62.2 Å². The van der Waals surface area contributed by atoms with E-state index in [1.54, 1.807) is 34.6 Å². The molecule has 45 heteroatoms. The fraction of sp³-hybridized carbons (Fsp3) is 0.800. The molecule has 0 radical (unpaired) electrons. The molecule has 13 rings (SSSR count). The molecule has 115 heavy (non-hydrogen) atoms. The van der Waals surface area contributed by atoms with Gasteiger partial charge in [0, 0.05) is 52.8 Å². The molecule has 35 atom stereocenters. The Morgan fingerprint density at radius 3 is 1.98 bits per heavy atom. The van der Waals surface area contributed by atoms with E-state index in [4.69, 9.17) is 146 Å². The monoisotopic (exact) mass is 1710 g/mol. The number of nitro groups is 1. The first-order chi connectivity index (χ1) is 54.2. The van der Waals surface area contributed by atoms with E-state index in [2.05, 4.69) is 4.52 Å². The van der Waals surface area contributed by atoms with Crippen LogP contribution in [-0.4, -0.2) is 338 Å². The molecule has 0 aromatic heterocycles. The predicted molar refractivity (Wildman–Crippen MR) is 374 cm³/mol. The van der Waals surface area contributed by atoms with Gasteiger partial charge in [0.2, 0.25) is 0 Å². The van der Waals surface area contributed by atoms with Crippen molar-refractivity contribution < 1.29 is 192 Å². The van der Waals surface area contributed by atoms with Gasteiger partial charge in [-0.25, -0.2) is 14.2 Å². The maximum Gasteiger partial charge on any atom is 0.524 e. The van der Waals surface area contributed by atoms with Crippen LogP contribution in [0.2, 0.25) is 10.0 Å². The van der Waals surface area contributed by atoms with Gasteiger partial charge in [-0.15, -0.1) is 0 Å². The molecule has 11 aliphatic heterocycles. The van der Waals surface area contributed by atoms with Crippen LogP contribution >= 0.6 is 31.0 Å². The van der Waals surface area contributed by atoms with Crippen molar-refractivity contribution >= 4 is 43.0 Å². The van der Waals surface area contributed by atoms with E-state index < -0.39 is 268 Å². The number of phosphoric acid groups is 1. The minimum atomic E-state index is -5.01. The summed E-state index contributed by atoms with van der Waals surface area (Å²) >= 11 is 12.8. The summed E-state index contributed by atoms with van der Waals surface area (Å²) in [6, 6.07) is 1.95. The van der Waals surface area contributed by atoms with Gasteiger partial charge in [-0.2, -0.15) is 0 Å². The van der Waals surface area contributed by atoms with E-state index in [1.165, 1.54) is 63.2 Å². The van der Waals surface area contributed by atoms with Gasteiger partial charge in [0.15, 0.2) is 73.7 Å². The molecular formula is C70H98Cl2NO41P. The highest BCUT2D eigenvalue weighted by molar-refractivity contribution is 7.46. The molecule has 2 aromatic carbocycles. The summed E-state index contributed by atoms with van der Waals surface area (Å²) in [4.78, 5) is 58.5. The molecule has 9 N–H and O–H groups in total. The van der Waals surface area contributed by atoms with Gasteiger partial charge in [-0.3, -0.25) is 19.9 Å². The summed E-state index contributed by atoms with van der Waals surface area (Å²) in [7, 11) is 1.46. The zero-order valence-electron chi connectivity index (χ0n) is 64.7. The van der Waals surface area contributed by atoms with Crippen LogP contribution in [0.4, 0.5) is 0 Å². The van der Waals surface area contributed by atoms with Crippen LogP contribution in [-0.2, 0) is 123 Å². The zero-order chi connectivity index (χ0) is 83.4. The maximum absolute atomic E-state index is 14.3. The Morgan fingerprint density at radius 1 is 0.635 bits per heavy atom. The first-order valence-electron chi connectivity index (χ1n) is 37.1. The Balaban J connectivity index is 0.639. The number of aliphatic hydroxyl groups excluding tert-OH is 5. The lowest BCUT2D eigenvalue weighted by atomic mass is 9.85. The molecule has 11 saturated heterocycles. The number of benzene rings is 2. The number of aryl methyl sites for hydroxylation is 1. The van der Waals surface area contributed by atoms with E-state index in [-0.39, 0.29) is 70.9 Å². The summed E-state index contributed by atoms with van der Waals surface area (Å²) in [6.07, 6.45) is -41.7. The van der Waals surface area contributed by atoms with Gasteiger partial charge in [-0.1, -0.05) is 23.2 Å². The van der Waals surface area contributed by atoms with Crippen molar-refractivity contribution in [3.8, 4) is 23.0 Å². The highest BCUT2D eigenvalue weighted by Gasteiger charge is 2.70. The maximum atomic E-state index is 14.3. The third-order valence-corrected chi connectivity index (χ3v) is 24.0. The smallest absolute Gasteiger partial charge is 0.507 e. The normalized spacial score (nSPS) is 44.6. The topological polar surface area (TPSA) is 526 Å². The van der Waals surface area contributed by atoms with Crippen LogP contribution in [0.5, 0.6) is 23.0 Å². The van der Waals surface area contributed by atoms with Crippen molar-refractivity contribution in [2.24, 2.45) is 0 Å². The first-order valence-corrected chi connectivity index (χ1v) is 39.4. The molecule has 0 amide bonds. The van der Waals surface area contributed by atoms with Crippen LogP contribution in [0.1, 0.15) is 99.6 Å². The molecule has 1 unspecified atom stereocenters. The number of esters is 2. The Morgan fingerprint density at radius 2 is 1.32 bits per heavy atom. The lowest BCUT2D eigenvalue weighted by molar-refractivity contribution is -0.595. The second-order valence-corrected chi connectivity index (χ2v) is 32.4. The predicted octanol–water partition coefficient (Wildman–Crippen LogP) is 1.03. The second-order valence-electron chi connectivity index (χ2n) is 30.4. The van der Waals surface area contributed by atoms with E-state index in [9.17, 15) is 69.8 Å². The summed E-state index contributed by atoms with van der Waals surface area (Å²) in [5.74, 6) is -8.12. The average molecular weight is 1710 g/mol. The van der Waals surface area contributed by atoms with Crippen LogP contribution in [0.25, 0.3) is 0 Å². The zero-order valence-corrected chi connectivity index (χ0v) is 67.1. The summed E-state index contributed by atoms with van der Waals surface area (Å²) < 4.78 is 176. The van der Waals surface area contributed by atoms with Crippen LogP contribution in [0.15, 0.2) is 12.1 Å². The minimum Gasteiger partial charge on any atom is -0.507 e. The fourth-order valence-electron chi connectivity index (χ4n) is 17.2. The number of aromatic hydroxyl groups is 2. The van der Waals surface area contributed by atoms with Crippen molar-refractivity contribution in [1.82, 2.24) is 0 Å². The molecule has 0 bridgehead atoms. The van der Waals surface area contributed by atoms with Crippen molar-refractivity contribution in [3.63, 3.8) is 0 Å². The van der Waals surface area contributed by atoms with Gasteiger partial charge in [0.25, 0.3) is 11.5 Å². The van der Waals surface area contributed by atoms with Gasteiger partial charge in [0.1, 0.15) is 132 Å². The number of ether oxygens (including phenoxy) is 26. The second kappa shape index (κ2) is 34.5. The number of carbonyl (C=O) groups excluding carboxylic acids is 2. The van der Waals surface area contributed by atoms with Crippen molar-refractivity contribution in [1.29, 1.82) is 0 Å². The van der Waals surface area contributed by atoms with Crippen LogP contribution in [0.3, 0.4) is 0 Å². The quantitative estimate of drug-likeness (QED) is 0.0325. The average Bonchev–Trinajstić information content (AvgIpc) is 1.57. The standard InChI is InChI=1S/C70H98Cl2NO41P/c1-24-15-31(113-115(85,86)87)16-32(74)40(24)61(81)102-36-22-96-70(60-53(36)94-23-95-60)110-37-21-93-63(46(78)52(37)111-70)108-65-56(91-13)45(77)51(35(103-65)20-88-10)106-64-47(79)55(50(89-11)27(4)99-64)107-66-57(80)68(9)59(30(7)100-66)112-69(114-68)18-33(75)48(28(5)109-69)104-38-17-34(101-39-19-67(8,73(83)84)58(92-14)29(6)98-39)49(26(3)97-38)105-62(82)41-25(2)42(71)44(76)43(72)54(41)90-12/h15-16,26-30,33-39,45-53,55-60,63-66,74-80H,17-23H2,1-14H3,(H2,85,86,87)/t26-,27-,28-,29+,30-,33-,34-,35-,36-,37+,38+,39+,45+,46-,47-,48-,49-,50+,51-,52-,53+,55-,56+,57-,58+,59-,60-,63+,64+,65+,66+,67+,68-,69?,70-/m1/s1. The number of hydrogen-bond acceptors (Lipinski definition) is 39. The number of phenols is 2. The number of halogens is 2. The molecule has 42 nitrogen and oxygen atoms in total. The van der Waals surface area contributed by atoms with E-state index >= 15 is 0 Å². The van der Waals surface area contributed by atoms with Crippen LogP contribution in [0, 0.1) is 24.0 Å². The van der Waals surface area contributed by atoms with E-state index in [0.29, 0.717) is 0 Å². The fourth-order valence-corrected chi connectivity index (χ4v) is 18.1. The van der Waals surface area contributed by atoms with Gasteiger partial charge < -0.3 is 163 Å². The molecule has 2 aromatic rings. The lowest BCUT2D eigenvalue weighted by Crippen LogP contribution is -2.68. The number of hydrogen-bond donors (Lipinski definition) is 9. The molecular weight excluding hydrogens is 1610 g/mol. The van der Waals surface area contributed by atoms with Gasteiger partial charge in [-0.05, 0) is 72.6 Å². The molecule has 0 aliphatic carbocycles. The van der Waals surface area contributed by atoms with Gasteiger partial charge >= 0.3 is 25.7 Å². The number of rotatable bonds is 23. The highest BCUT2D eigenvalue weighted by atomic mass is 35.5. The SMILES string of the molecule is COC[C@H]1O[C@@H](O[C@@H]2OC[C@@H]3O[C@@]4(OC[C@@H](OC(=O)c5c(C)cc(OP(=O)(O)O)cc5O)[C@@H]5OCO[C@H]54)O[C@H]3[C@H]2O)[C@@H](OC)[C@@H](O)[C@@H]1O[C@@H]1O[C@H](C)[C@H](OC)[C@H](O[C@@H]2O[C@H](C)[C@H]3OC4(C[C@@H](O)[C@H](O[C@H]5C[C@@H](O[C@H]6C[C@](C)([N+](=O)[O-])[C@@H](OC)[C@H](C)O6)[C@H](OC(=O)c6c(C)c(Cl)c(O)c(Cl)c6OC)[C@@H](C)O5)[C@@H](C)O4)O[C@]3(C)[C@@H]2O)[C@H]1O. The van der Waals surface area contributed by atoms with Crippen molar-refractivity contribution in [2.45, 2.75) is 295 Å². The molecule has 0 saturated carbocycles. The number of phenolic OH excluding ortho intramolecular Hbond substituents is 2. The largest absolute Gasteiger partial charge is 0.524 e. The molecule has 11 heterocycles. The number of nitrogens with zero attached hydrogens (tertiary/aromatic N) is 1. The summed E-state index contributed by atoms with van der Waals surface area (Å²) in [5, 5.41) is 94.5. The van der Waals surface area contributed by atoms with Gasteiger partial charge in [0.05, 0.1) is 81.4 Å². The van der Waals surface area contributed by atoms with E-state index in [0.717, 1.165) is 12.1 Å². The Kier molecular flexibility index (Phi) is 26.5. The molecule has 11 aliphatic rings. The summed E-state index contributed by atoms with van der Waals surface area (Å²) in [6.45, 7) is 12.3.